The van der Waals surface area contributed by atoms with Gasteiger partial charge in [0.15, 0.2) is 5.96 Å². The van der Waals surface area contributed by atoms with Crippen molar-refractivity contribution >= 4 is 59.0 Å². The molecule has 3 N–H and O–H groups in total. The Hall–Kier alpha value is -0.730. The molecule has 1 unspecified atom stereocenters. The van der Waals surface area contributed by atoms with Gasteiger partial charge in [-0.1, -0.05) is 29.3 Å². The van der Waals surface area contributed by atoms with Gasteiger partial charge in [0, 0.05) is 36.1 Å². The number of aliphatic imine (C=N–C) groups is 1. The molecule has 0 aliphatic rings. The van der Waals surface area contributed by atoms with Crippen LogP contribution in [0.1, 0.15) is 38.8 Å². The summed E-state index contributed by atoms with van der Waals surface area (Å²) in [4.78, 5) is 15.8. The fraction of sp³-hybridized carbons (Fsp3) is 0.500. The van der Waals surface area contributed by atoms with E-state index in [0.29, 0.717) is 29.0 Å². The Morgan fingerprint density at radius 1 is 1.21 bits per heavy atom. The lowest BCUT2D eigenvalue weighted by Crippen LogP contribution is -2.41. The topological polar surface area (TPSA) is 65.5 Å². The highest BCUT2D eigenvalue weighted by molar-refractivity contribution is 14.0. The SMILES string of the molecule is CN=C(NCCC(=O)NC(C)C)NC(C)c1ccc(Cl)cc1Cl.I. The molecular formula is C16H25Cl2IN4O. The fourth-order valence-corrected chi connectivity index (χ4v) is 2.59. The molecule has 0 saturated carbocycles. The molecule has 0 spiro atoms. The molecule has 0 fully saturated rings. The third-order valence-electron chi connectivity index (χ3n) is 3.10. The van der Waals surface area contributed by atoms with Gasteiger partial charge in [0.05, 0.1) is 6.04 Å². The lowest BCUT2D eigenvalue weighted by atomic mass is 10.1. The Labute approximate surface area is 171 Å². The molecule has 8 heteroatoms. The molecule has 1 aromatic carbocycles. The predicted molar refractivity (Wildman–Crippen MR) is 113 cm³/mol. The number of halogens is 3. The van der Waals surface area contributed by atoms with E-state index < -0.39 is 0 Å². The van der Waals surface area contributed by atoms with Crippen molar-refractivity contribution in [3.63, 3.8) is 0 Å². The normalized spacial score (nSPS) is 12.4. The minimum Gasteiger partial charge on any atom is -0.356 e. The van der Waals surface area contributed by atoms with Crippen LogP contribution in [0.15, 0.2) is 23.2 Å². The van der Waals surface area contributed by atoms with E-state index >= 15 is 0 Å². The van der Waals surface area contributed by atoms with Crippen molar-refractivity contribution in [1.29, 1.82) is 0 Å². The minimum absolute atomic E-state index is 0. The molecule has 1 aromatic rings. The summed E-state index contributed by atoms with van der Waals surface area (Å²) >= 11 is 12.1. The summed E-state index contributed by atoms with van der Waals surface area (Å²) < 4.78 is 0. The second kappa shape index (κ2) is 11.8. The van der Waals surface area contributed by atoms with Crippen molar-refractivity contribution in [3.8, 4) is 0 Å². The van der Waals surface area contributed by atoms with E-state index in [0.717, 1.165) is 5.56 Å². The van der Waals surface area contributed by atoms with E-state index in [9.17, 15) is 4.79 Å². The lowest BCUT2D eigenvalue weighted by molar-refractivity contribution is -0.121. The van der Waals surface area contributed by atoms with Gasteiger partial charge in [0.1, 0.15) is 0 Å². The highest BCUT2D eigenvalue weighted by atomic mass is 127. The van der Waals surface area contributed by atoms with Crippen LogP contribution < -0.4 is 16.0 Å². The monoisotopic (exact) mass is 486 g/mol. The van der Waals surface area contributed by atoms with Crippen LogP contribution in [0.25, 0.3) is 0 Å². The van der Waals surface area contributed by atoms with E-state index in [1.807, 2.05) is 26.8 Å². The van der Waals surface area contributed by atoms with Crippen molar-refractivity contribution in [3.05, 3.63) is 33.8 Å². The van der Waals surface area contributed by atoms with E-state index in [1.165, 1.54) is 0 Å². The molecule has 1 rings (SSSR count). The number of rotatable bonds is 6. The minimum atomic E-state index is -0.0459. The van der Waals surface area contributed by atoms with Crippen LogP contribution in [0.3, 0.4) is 0 Å². The number of nitrogens with one attached hydrogen (secondary N) is 3. The van der Waals surface area contributed by atoms with Crippen LogP contribution in [-0.2, 0) is 4.79 Å². The maximum Gasteiger partial charge on any atom is 0.221 e. The zero-order chi connectivity index (χ0) is 17.4. The largest absolute Gasteiger partial charge is 0.356 e. The van der Waals surface area contributed by atoms with Gasteiger partial charge in [-0.15, -0.1) is 24.0 Å². The Morgan fingerprint density at radius 3 is 2.42 bits per heavy atom. The number of hydrogen-bond acceptors (Lipinski definition) is 2. The van der Waals surface area contributed by atoms with Crippen molar-refractivity contribution < 1.29 is 4.79 Å². The number of amides is 1. The van der Waals surface area contributed by atoms with Gasteiger partial charge in [-0.3, -0.25) is 9.79 Å². The first-order valence-corrected chi connectivity index (χ1v) is 8.30. The summed E-state index contributed by atoms with van der Waals surface area (Å²) in [6.45, 7) is 6.35. The van der Waals surface area contributed by atoms with Crippen LogP contribution in [-0.4, -0.2) is 31.5 Å². The smallest absolute Gasteiger partial charge is 0.221 e. The van der Waals surface area contributed by atoms with E-state index in [-0.39, 0.29) is 42.0 Å². The highest BCUT2D eigenvalue weighted by Gasteiger charge is 2.12. The lowest BCUT2D eigenvalue weighted by Gasteiger charge is -2.19. The molecule has 1 amide bonds. The predicted octanol–water partition coefficient (Wildman–Crippen LogP) is 3.75. The highest BCUT2D eigenvalue weighted by Crippen LogP contribution is 2.25. The van der Waals surface area contributed by atoms with Crippen LogP contribution in [0, 0.1) is 0 Å². The van der Waals surface area contributed by atoms with Crippen LogP contribution in [0.2, 0.25) is 10.0 Å². The van der Waals surface area contributed by atoms with Gasteiger partial charge < -0.3 is 16.0 Å². The van der Waals surface area contributed by atoms with Gasteiger partial charge >= 0.3 is 0 Å². The Kier molecular flexibility index (Phi) is 11.4. The van der Waals surface area contributed by atoms with Crippen molar-refractivity contribution in [2.45, 2.75) is 39.3 Å². The van der Waals surface area contributed by atoms with Gasteiger partial charge in [-0.2, -0.15) is 0 Å². The van der Waals surface area contributed by atoms with E-state index in [2.05, 4.69) is 20.9 Å². The number of carbonyl (C=O) groups is 1. The molecule has 0 aromatic heterocycles. The second-order valence-electron chi connectivity index (χ2n) is 5.50. The first-order valence-electron chi connectivity index (χ1n) is 7.55. The maximum atomic E-state index is 11.6. The molecule has 24 heavy (non-hydrogen) atoms. The molecule has 1 atom stereocenters. The summed E-state index contributed by atoms with van der Waals surface area (Å²) in [6, 6.07) is 5.49. The van der Waals surface area contributed by atoms with Gasteiger partial charge in [0.25, 0.3) is 0 Å². The molecule has 0 radical (unpaired) electrons. The van der Waals surface area contributed by atoms with Gasteiger partial charge in [-0.05, 0) is 38.5 Å². The summed E-state index contributed by atoms with van der Waals surface area (Å²) in [5.41, 5.74) is 0.927. The van der Waals surface area contributed by atoms with Crippen molar-refractivity contribution in [1.82, 2.24) is 16.0 Å². The summed E-state index contributed by atoms with van der Waals surface area (Å²) in [5.74, 6) is 0.623. The molecule has 0 heterocycles. The Balaban J connectivity index is 0.00000529. The fourth-order valence-electron chi connectivity index (χ4n) is 2.02. The molecule has 0 bridgehead atoms. The average Bonchev–Trinajstić information content (AvgIpc) is 2.45. The molecule has 0 aliphatic carbocycles. The standard InChI is InChI=1S/C16H24Cl2N4O.HI/c1-10(2)21-15(23)7-8-20-16(19-4)22-11(3)13-6-5-12(17)9-14(13)18;/h5-6,9-11H,7-8H2,1-4H3,(H,21,23)(H2,19,20,22);1H. The van der Waals surface area contributed by atoms with Crippen LogP contribution in [0.5, 0.6) is 0 Å². The molecular weight excluding hydrogens is 462 g/mol. The number of benzene rings is 1. The Bertz CT molecular complexity index is 567. The summed E-state index contributed by atoms with van der Waals surface area (Å²) in [7, 11) is 1.68. The number of guanidine groups is 1. The third-order valence-corrected chi connectivity index (χ3v) is 3.66. The number of nitrogens with zero attached hydrogens (tertiary/aromatic N) is 1. The Morgan fingerprint density at radius 2 is 1.88 bits per heavy atom. The van der Waals surface area contributed by atoms with Gasteiger partial charge in [-0.25, -0.2) is 0 Å². The first-order chi connectivity index (χ1) is 10.8. The zero-order valence-corrected chi connectivity index (χ0v) is 18.2. The third kappa shape index (κ3) is 8.39. The molecule has 0 saturated heterocycles. The zero-order valence-electron chi connectivity index (χ0n) is 14.3. The number of carbonyl (C=O) groups excluding carboxylic acids is 1. The van der Waals surface area contributed by atoms with E-state index in [1.54, 1.807) is 19.2 Å². The van der Waals surface area contributed by atoms with Crippen LogP contribution >= 0.6 is 47.2 Å². The quantitative estimate of drug-likeness (QED) is 0.326. The molecule has 0 aliphatic heterocycles. The first kappa shape index (κ1) is 23.3. The summed E-state index contributed by atoms with van der Waals surface area (Å²) in [6.07, 6.45) is 0.384. The van der Waals surface area contributed by atoms with E-state index in [4.69, 9.17) is 23.2 Å². The second-order valence-corrected chi connectivity index (χ2v) is 6.35. The van der Waals surface area contributed by atoms with Crippen LogP contribution in [0.4, 0.5) is 0 Å². The van der Waals surface area contributed by atoms with Crippen molar-refractivity contribution in [2.24, 2.45) is 4.99 Å². The van der Waals surface area contributed by atoms with Crippen molar-refractivity contribution in [2.75, 3.05) is 13.6 Å². The maximum absolute atomic E-state index is 11.6. The molecule has 136 valence electrons. The average molecular weight is 487 g/mol. The number of hydrogen-bond donors (Lipinski definition) is 3. The van der Waals surface area contributed by atoms with Gasteiger partial charge in [0.2, 0.25) is 5.91 Å². The summed E-state index contributed by atoms with van der Waals surface area (Å²) in [5, 5.41) is 10.4. The molecule has 5 nitrogen and oxygen atoms in total.